The van der Waals surface area contributed by atoms with Crippen molar-refractivity contribution >= 4 is 0 Å². The largest absolute Gasteiger partial charge is 0.308 e. The van der Waals surface area contributed by atoms with Gasteiger partial charge in [0.05, 0.1) is 0 Å². The van der Waals surface area contributed by atoms with Gasteiger partial charge in [0.15, 0.2) is 0 Å². The van der Waals surface area contributed by atoms with Crippen LogP contribution in [-0.2, 0) is 13.0 Å². The van der Waals surface area contributed by atoms with Gasteiger partial charge < -0.3 is 10.2 Å². The van der Waals surface area contributed by atoms with Gasteiger partial charge in [0, 0.05) is 19.1 Å². The lowest BCUT2D eigenvalue weighted by atomic mass is 9.95. The van der Waals surface area contributed by atoms with E-state index in [0.717, 1.165) is 6.54 Å². The van der Waals surface area contributed by atoms with Gasteiger partial charge in [-0.05, 0) is 43.5 Å². The third kappa shape index (κ3) is 3.56. The van der Waals surface area contributed by atoms with E-state index in [2.05, 4.69) is 48.3 Å². The molecule has 0 spiro atoms. The second-order valence-electron chi connectivity index (χ2n) is 5.35. The van der Waals surface area contributed by atoms with Crippen LogP contribution in [0.15, 0.2) is 24.3 Å². The smallest absolute Gasteiger partial charge is 0.0238 e. The van der Waals surface area contributed by atoms with Crippen molar-refractivity contribution in [1.82, 2.24) is 10.2 Å². The predicted molar refractivity (Wildman–Crippen MR) is 77.8 cm³/mol. The van der Waals surface area contributed by atoms with Gasteiger partial charge in [0.2, 0.25) is 0 Å². The summed E-state index contributed by atoms with van der Waals surface area (Å²) in [4.78, 5) is 2.60. The molecule has 0 saturated heterocycles. The molecule has 2 nitrogen and oxygen atoms in total. The summed E-state index contributed by atoms with van der Waals surface area (Å²) in [5.74, 6) is 0. The predicted octanol–water partition coefficient (Wildman–Crippen LogP) is 2.82. The molecular weight excluding hydrogens is 220 g/mol. The summed E-state index contributed by atoms with van der Waals surface area (Å²) < 4.78 is 0. The number of nitrogens with one attached hydrogen (secondary N) is 1. The fraction of sp³-hybridized carbons (Fsp3) is 0.625. The molecule has 0 aliphatic carbocycles. The van der Waals surface area contributed by atoms with E-state index in [0.29, 0.717) is 6.04 Å². The zero-order valence-corrected chi connectivity index (χ0v) is 11.8. The lowest BCUT2D eigenvalue weighted by Crippen LogP contribution is -2.45. The minimum Gasteiger partial charge on any atom is -0.308 e. The Morgan fingerprint density at radius 3 is 2.44 bits per heavy atom. The van der Waals surface area contributed by atoms with Gasteiger partial charge >= 0.3 is 0 Å². The highest BCUT2D eigenvalue weighted by molar-refractivity contribution is 5.29. The summed E-state index contributed by atoms with van der Waals surface area (Å²) in [7, 11) is 0. The average molecular weight is 246 g/mol. The molecule has 1 heterocycles. The zero-order valence-electron chi connectivity index (χ0n) is 11.8. The Balaban J connectivity index is 1.91. The van der Waals surface area contributed by atoms with Crippen LogP contribution < -0.4 is 5.32 Å². The summed E-state index contributed by atoms with van der Waals surface area (Å²) in [5, 5.41) is 3.68. The average Bonchev–Trinajstić information content (AvgIpc) is 2.39. The second kappa shape index (κ2) is 6.91. The number of rotatable bonds is 6. The SMILES string of the molecule is CCCN(CCC)CC1Cc2ccccc2CN1. The van der Waals surface area contributed by atoms with Crippen molar-refractivity contribution in [1.29, 1.82) is 0 Å². The highest BCUT2D eigenvalue weighted by Gasteiger charge is 2.19. The number of hydrogen-bond acceptors (Lipinski definition) is 2. The van der Waals surface area contributed by atoms with E-state index in [4.69, 9.17) is 0 Å². The molecule has 1 aliphatic heterocycles. The monoisotopic (exact) mass is 246 g/mol. The van der Waals surface area contributed by atoms with Crippen LogP contribution in [0.4, 0.5) is 0 Å². The molecule has 0 amide bonds. The number of nitrogens with zero attached hydrogens (tertiary/aromatic N) is 1. The van der Waals surface area contributed by atoms with Crippen molar-refractivity contribution < 1.29 is 0 Å². The standard InChI is InChI=1S/C16H26N2/c1-3-9-18(10-4-2)13-16-11-14-7-5-6-8-15(14)12-17-16/h5-8,16-17H,3-4,9-13H2,1-2H3. The quantitative estimate of drug-likeness (QED) is 0.830. The fourth-order valence-electron chi connectivity index (χ4n) is 2.89. The van der Waals surface area contributed by atoms with E-state index < -0.39 is 0 Å². The number of fused-ring (bicyclic) bond motifs is 1. The number of benzene rings is 1. The molecule has 0 fully saturated rings. The fourth-order valence-corrected chi connectivity index (χ4v) is 2.89. The Kier molecular flexibility index (Phi) is 5.21. The van der Waals surface area contributed by atoms with Gasteiger partial charge in [0.1, 0.15) is 0 Å². The van der Waals surface area contributed by atoms with Crippen LogP contribution in [-0.4, -0.2) is 30.6 Å². The summed E-state index contributed by atoms with van der Waals surface area (Å²) in [6, 6.07) is 9.46. The zero-order chi connectivity index (χ0) is 12.8. The third-order valence-electron chi connectivity index (χ3n) is 3.72. The maximum Gasteiger partial charge on any atom is 0.0238 e. The first kappa shape index (κ1) is 13.6. The Morgan fingerprint density at radius 2 is 1.78 bits per heavy atom. The second-order valence-corrected chi connectivity index (χ2v) is 5.35. The number of hydrogen-bond donors (Lipinski definition) is 1. The molecule has 2 rings (SSSR count). The summed E-state index contributed by atoms with van der Waals surface area (Å²) in [6.07, 6.45) is 3.69. The summed E-state index contributed by atoms with van der Waals surface area (Å²) >= 11 is 0. The van der Waals surface area contributed by atoms with Crippen molar-refractivity contribution in [2.75, 3.05) is 19.6 Å². The maximum atomic E-state index is 3.68. The first-order valence-corrected chi connectivity index (χ1v) is 7.36. The van der Waals surface area contributed by atoms with Crippen LogP contribution in [0.3, 0.4) is 0 Å². The normalized spacial score (nSPS) is 18.9. The van der Waals surface area contributed by atoms with Crippen LogP contribution in [0.1, 0.15) is 37.8 Å². The van der Waals surface area contributed by atoms with Gasteiger partial charge in [-0.3, -0.25) is 0 Å². The first-order valence-electron chi connectivity index (χ1n) is 7.36. The molecule has 0 radical (unpaired) electrons. The molecule has 1 unspecified atom stereocenters. The van der Waals surface area contributed by atoms with Crippen molar-refractivity contribution in [2.45, 2.75) is 45.7 Å². The van der Waals surface area contributed by atoms with Crippen molar-refractivity contribution in [3.05, 3.63) is 35.4 Å². The van der Waals surface area contributed by atoms with Gasteiger partial charge in [-0.1, -0.05) is 38.1 Å². The highest BCUT2D eigenvalue weighted by atomic mass is 15.1. The molecule has 1 aromatic carbocycles. The molecule has 0 aromatic heterocycles. The molecule has 0 bridgehead atoms. The van der Waals surface area contributed by atoms with Crippen LogP contribution in [0.2, 0.25) is 0 Å². The van der Waals surface area contributed by atoms with Crippen molar-refractivity contribution in [3.63, 3.8) is 0 Å². The molecule has 18 heavy (non-hydrogen) atoms. The topological polar surface area (TPSA) is 15.3 Å². The van der Waals surface area contributed by atoms with Gasteiger partial charge in [-0.25, -0.2) is 0 Å². The first-order chi connectivity index (χ1) is 8.83. The lowest BCUT2D eigenvalue weighted by Gasteiger charge is -2.31. The lowest BCUT2D eigenvalue weighted by molar-refractivity contribution is 0.236. The van der Waals surface area contributed by atoms with Gasteiger partial charge in [0.25, 0.3) is 0 Å². The maximum absolute atomic E-state index is 3.68. The van der Waals surface area contributed by atoms with Crippen molar-refractivity contribution in [2.24, 2.45) is 0 Å². The van der Waals surface area contributed by atoms with E-state index in [1.54, 1.807) is 0 Å². The molecule has 1 aliphatic rings. The van der Waals surface area contributed by atoms with Crippen LogP contribution in [0.5, 0.6) is 0 Å². The third-order valence-corrected chi connectivity index (χ3v) is 3.72. The molecule has 1 atom stereocenters. The van der Waals surface area contributed by atoms with Gasteiger partial charge in [-0.2, -0.15) is 0 Å². The molecule has 100 valence electrons. The minimum atomic E-state index is 0.623. The van der Waals surface area contributed by atoms with E-state index in [1.165, 1.54) is 50.0 Å². The van der Waals surface area contributed by atoms with Gasteiger partial charge in [-0.15, -0.1) is 0 Å². The molecular formula is C16H26N2. The Bertz CT molecular complexity index is 356. The molecule has 2 heteroatoms. The Labute approximate surface area is 111 Å². The van der Waals surface area contributed by atoms with E-state index in [9.17, 15) is 0 Å². The molecule has 0 saturated carbocycles. The van der Waals surface area contributed by atoms with E-state index in [-0.39, 0.29) is 0 Å². The molecule has 1 N–H and O–H groups in total. The summed E-state index contributed by atoms with van der Waals surface area (Å²) in [5.41, 5.74) is 3.01. The van der Waals surface area contributed by atoms with Crippen LogP contribution >= 0.6 is 0 Å². The van der Waals surface area contributed by atoms with Crippen LogP contribution in [0.25, 0.3) is 0 Å². The summed E-state index contributed by atoms with van der Waals surface area (Å²) in [6.45, 7) is 9.22. The van der Waals surface area contributed by atoms with Crippen molar-refractivity contribution in [3.8, 4) is 0 Å². The van der Waals surface area contributed by atoms with E-state index >= 15 is 0 Å². The van der Waals surface area contributed by atoms with Crippen LogP contribution in [0, 0.1) is 0 Å². The Hall–Kier alpha value is -0.860. The van der Waals surface area contributed by atoms with E-state index in [1.807, 2.05) is 0 Å². The molecule has 1 aromatic rings. The minimum absolute atomic E-state index is 0.623. The Morgan fingerprint density at radius 1 is 1.11 bits per heavy atom. The highest BCUT2D eigenvalue weighted by Crippen LogP contribution is 2.16.